The Bertz CT molecular complexity index is 1110. The zero-order valence-corrected chi connectivity index (χ0v) is 15.4. The van der Waals surface area contributed by atoms with E-state index in [0.29, 0.717) is 23.7 Å². The number of halogens is 3. The number of anilines is 3. The molecule has 0 amide bonds. The summed E-state index contributed by atoms with van der Waals surface area (Å²) < 4.78 is 39.8. The lowest BCUT2D eigenvalue weighted by Gasteiger charge is -2.18. The lowest BCUT2D eigenvalue weighted by Crippen LogP contribution is -2.18. The van der Waals surface area contributed by atoms with Crippen molar-refractivity contribution in [1.29, 1.82) is 0 Å². The second-order valence-electron chi connectivity index (χ2n) is 6.52. The van der Waals surface area contributed by atoms with Gasteiger partial charge in [-0.25, -0.2) is 4.98 Å². The monoisotopic (exact) mass is 398 g/mol. The Kier molecular flexibility index (Phi) is 4.79. The summed E-state index contributed by atoms with van der Waals surface area (Å²) in [6.45, 7) is 0.628. The highest BCUT2D eigenvalue weighted by Crippen LogP contribution is 2.30. The molecule has 0 radical (unpaired) electrons. The second kappa shape index (κ2) is 7.42. The molecule has 0 saturated carbocycles. The van der Waals surface area contributed by atoms with E-state index in [2.05, 4.69) is 20.4 Å². The standard InChI is InChI=1S/C20H17F3N6/c1-28(13-14-3-2-10-24-11-14)18-9-8-17-25-12-19(29(17)27-18)26-16-6-4-15(5-7-16)20(21,22)23/h2-12,26H,13H2,1H3. The number of nitrogens with one attached hydrogen (secondary N) is 1. The molecule has 0 atom stereocenters. The van der Waals surface area contributed by atoms with Gasteiger partial charge in [-0.3, -0.25) is 4.98 Å². The molecular weight excluding hydrogens is 381 g/mol. The van der Waals surface area contributed by atoms with E-state index in [0.717, 1.165) is 23.5 Å². The molecule has 6 nitrogen and oxygen atoms in total. The third kappa shape index (κ3) is 4.13. The molecule has 0 aliphatic heterocycles. The summed E-state index contributed by atoms with van der Waals surface area (Å²) in [6.07, 6.45) is 0.740. The van der Waals surface area contributed by atoms with Crippen LogP contribution in [0.4, 0.5) is 30.5 Å². The van der Waals surface area contributed by atoms with Crippen molar-refractivity contribution >= 4 is 23.0 Å². The van der Waals surface area contributed by atoms with Crippen molar-refractivity contribution in [3.63, 3.8) is 0 Å². The minimum Gasteiger partial charge on any atom is -0.354 e. The summed E-state index contributed by atoms with van der Waals surface area (Å²) in [7, 11) is 1.92. The van der Waals surface area contributed by atoms with Crippen molar-refractivity contribution in [2.24, 2.45) is 0 Å². The van der Waals surface area contributed by atoms with Gasteiger partial charge in [0.2, 0.25) is 0 Å². The van der Waals surface area contributed by atoms with Gasteiger partial charge in [0.15, 0.2) is 11.5 Å². The van der Waals surface area contributed by atoms with Crippen molar-refractivity contribution in [3.05, 3.63) is 78.2 Å². The molecule has 3 aromatic heterocycles. The van der Waals surface area contributed by atoms with E-state index in [9.17, 15) is 13.2 Å². The predicted molar refractivity (Wildman–Crippen MR) is 104 cm³/mol. The summed E-state index contributed by atoms with van der Waals surface area (Å²) >= 11 is 0. The van der Waals surface area contributed by atoms with Crippen molar-refractivity contribution < 1.29 is 13.2 Å². The van der Waals surface area contributed by atoms with Crippen LogP contribution in [0.5, 0.6) is 0 Å². The van der Waals surface area contributed by atoms with Gasteiger partial charge in [-0.15, -0.1) is 5.10 Å². The number of imidazole rings is 1. The fourth-order valence-corrected chi connectivity index (χ4v) is 2.89. The molecule has 0 aliphatic carbocycles. The summed E-state index contributed by atoms with van der Waals surface area (Å²) in [4.78, 5) is 10.4. The highest BCUT2D eigenvalue weighted by molar-refractivity contribution is 5.61. The SMILES string of the molecule is CN(Cc1cccnc1)c1ccc2ncc(Nc3ccc(C(F)(F)F)cc3)n2n1. The van der Waals surface area contributed by atoms with Crippen LogP contribution in [0.1, 0.15) is 11.1 Å². The molecule has 3 heterocycles. The van der Waals surface area contributed by atoms with E-state index in [-0.39, 0.29) is 0 Å². The molecule has 9 heteroatoms. The number of aromatic nitrogens is 4. The molecule has 0 bridgehead atoms. The molecule has 0 fully saturated rings. The van der Waals surface area contributed by atoms with Crippen LogP contribution in [0.3, 0.4) is 0 Å². The molecule has 1 aromatic carbocycles. The number of nitrogens with zero attached hydrogens (tertiary/aromatic N) is 5. The average Bonchev–Trinajstić information content (AvgIpc) is 3.10. The molecular formula is C20H17F3N6. The molecule has 1 N–H and O–H groups in total. The van der Waals surface area contributed by atoms with Gasteiger partial charge in [-0.1, -0.05) is 6.07 Å². The van der Waals surface area contributed by atoms with Gasteiger partial charge >= 0.3 is 6.18 Å². The van der Waals surface area contributed by atoms with Gasteiger partial charge in [-0.05, 0) is 48.0 Å². The van der Waals surface area contributed by atoms with E-state index >= 15 is 0 Å². The molecule has 4 aromatic rings. The smallest absolute Gasteiger partial charge is 0.354 e. The number of hydrogen-bond acceptors (Lipinski definition) is 5. The van der Waals surface area contributed by atoms with E-state index in [1.807, 2.05) is 36.2 Å². The van der Waals surface area contributed by atoms with E-state index < -0.39 is 11.7 Å². The van der Waals surface area contributed by atoms with Crippen LogP contribution in [0.25, 0.3) is 5.65 Å². The summed E-state index contributed by atoms with van der Waals surface area (Å²) in [5, 5.41) is 7.66. The zero-order valence-electron chi connectivity index (χ0n) is 15.4. The molecule has 0 spiro atoms. The van der Waals surface area contributed by atoms with Gasteiger partial charge in [0.25, 0.3) is 0 Å². The Morgan fingerprint density at radius 1 is 1.03 bits per heavy atom. The lowest BCUT2D eigenvalue weighted by molar-refractivity contribution is -0.137. The van der Waals surface area contributed by atoms with Crippen LogP contribution < -0.4 is 10.2 Å². The fourth-order valence-electron chi connectivity index (χ4n) is 2.89. The highest BCUT2D eigenvalue weighted by atomic mass is 19.4. The van der Waals surface area contributed by atoms with Crippen molar-refractivity contribution in [3.8, 4) is 0 Å². The average molecular weight is 398 g/mol. The topological polar surface area (TPSA) is 58.4 Å². The van der Waals surface area contributed by atoms with Crippen LogP contribution in [0.15, 0.2) is 67.1 Å². The minimum absolute atomic E-state index is 0.510. The number of rotatable bonds is 5. The van der Waals surface area contributed by atoms with E-state index in [1.54, 1.807) is 23.1 Å². The van der Waals surface area contributed by atoms with Gasteiger partial charge in [0.1, 0.15) is 5.82 Å². The van der Waals surface area contributed by atoms with E-state index in [1.165, 1.54) is 12.1 Å². The third-order valence-electron chi connectivity index (χ3n) is 4.37. The second-order valence-corrected chi connectivity index (χ2v) is 6.52. The number of pyridine rings is 1. The van der Waals surface area contributed by atoms with Crippen LogP contribution in [-0.4, -0.2) is 26.6 Å². The molecule has 0 unspecified atom stereocenters. The number of alkyl halides is 3. The maximum absolute atomic E-state index is 12.7. The minimum atomic E-state index is -4.36. The first-order valence-corrected chi connectivity index (χ1v) is 8.79. The summed E-state index contributed by atoms with van der Waals surface area (Å²) in [5.41, 5.74) is 1.48. The maximum atomic E-state index is 12.7. The normalized spacial score (nSPS) is 11.6. The van der Waals surface area contributed by atoms with Crippen molar-refractivity contribution in [1.82, 2.24) is 19.6 Å². The first-order valence-electron chi connectivity index (χ1n) is 8.79. The van der Waals surface area contributed by atoms with Crippen LogP contribution in [0, 0.1) is 0 Å². The van der Waals surface area contributed by atoms with Crippen LogP contribution in [0.2, 0.25) is 0 Å². The van der Waals surface area contributed by atoms with Crippen LogP contribution >= 0.6 is 0 Å². The van der Waals surface area contributed by atoms with E-state index in [4.69, 9.17) is 0 Å². The molecule has 0 saturated heterocycles. The number of benzene rings is 1. The predicted octanol–water partition coefficient (Wildman–Crippen LogP) is 4.52. The molecule has 4 rings (SSSR count). The van der Waals surface area contributed by atoms with Gasteiger partial charge in [0, 0.05) is 31.7 Å². The summed E-state index contributed by atoms with van der Waals surface area (Å²) in [6, 6.07) is 12.4. The zero-order chi connectivity index (χ0) is 20.4. The first kappa shape index (κ1) is 18.7. The van der Waals surface area contributed by atoms with Gasteiger partial charge in [-0.2, -0.15) is 17.7 Å². The largest absolute Gasteiger partial charge is 0.416 e. The Hall–Kier alpha value is -3.62. The van der Waals surface area contributed by atoms with Crippen LogP contribution in [-0.2, 0) is 12.7 Å². The summed E-state index contributed by atoms with van der Waals surface area (Å²) in [5.74, 6) is 1.27. The van der Waals surface area contributed by atoms with Gasteiger partial charge in [0.05, 0.1) is 11.8 Å². The molecule has 148 valence electrons. The molecule has 29 heavy (non-hydrogen) atoms. The van der Waals surface area contributed by atoms with Crippen molar-refractivity contribution in [2.45, 2.75) is 12.7 Å². The van der Waals surface area contributed by atoms with Crippen molar-refractivity contribution in [2.75, 3.05) is 17.3 Å². The molecule has 0 aliphatic rings. The quantitative estimate of drug-likeness (QED) is 0.536. The van der Waals surface area contributed by atoms with Gasteiger partial charge < -0.3 is 10.2 Å². The Balaban J connectivity index is 1.57. The maximum Gasteiger partial charge on any atom is 0.416 e. The number of fused-ring (bicyclic) bond motifs is 1. The highest BCUT2D eigenvalue weighted by Gasteiger charge is 2.29. The fraction of sp³-hybridized carbons (Fsp3) is 0.150. The Morgan fingerprint density at radius 2 is 1.83 bits per heavy atom. The Morgan fingerprint density at radius 3 is 2.52 bits per heavy atom. The first-order chi connectivity index (χ1) is 13.9. The lowest BCUT2D eigenvalue weighted by atomic mass is 10.2. The Labute approximate surface area is 164 Å². The number of hydrogen-bond donors (Lipinski definition) is 1. The third-order valence-corrected chi connectivity index (χ3v) is 4.37.